The van der Waals surface area contributed by atoms with Crippen molar-refractivity contribution >= 4 is 56.1 Å². The maximum atomic E-state index is 14.0. The number of amides is 4. The van der Waals surface area contributed by atoms with Crippen LogP contribution < -0.4 is 38.1 Å². The number of carbonyl (C=O) groups excluding carboxylic acids is 4. The summed E-state index contributed by atoms with van der Waals surface area (Å²) in [4.78, 5) is 52.2. The first-order valence-electron chi connectivity index (χ1n) is 14.2. The maximum Gasteiger partial charge on any atom is 0.244 e. The topological polar surface area (TPSA) is 247 Å². The van der Waals surface area contributed by atoms with Gasteiger partial charge in [-0.1, -0.05) is 24.3 Å². The van der Waals surface area contributed by atoms with Gasteiger partial charge in [-0.2, -0.15) is 4.31 Å². The number of anilines is 1. The van der Waals surface area contributed by atoms with Gasteiger partial charge in [0.25, 0.3) is 0 Å². The third kappa shape index (κ3) is 8.35. The number of sulfonamides is 1. The predicted octanol–water partition coefficient (Wildman–Crippen LogP) is -0.957. The highest BCUT2D eigenvalue weighted by Gasteiger charge is 2.41. The van der Waals surface area contributed by atoms with Gasteiger partial charge in [-0.05, 0) is 44.2 Å². The molecular formula is C28H41N9O6S. The molecule has 1 heterocycles. The third-order valence-electron chi connectivity index (χ3n) is 7.39. The summed E-state index contributed by atoms with van der Waals surface area (Å²) in [6.07, 6.45) is 0.661. The molecule has 15 nitrogen and oxygen atoms in total. The number of hydrogen-bond acceptors (Lipinski definition) is 8. The van der Waals surface area contributed by atoms with Crippen LogP contribution in [-0.4, -0.2) is 87.6 Å². The molecule has 10 N–H and O–H groups in total. The first-order chi connectivity index (χ1) is 20.7. The van der Waals surface area contributed by atoms with Gasteiger partial charge in [0.05, 0.1) is 4.90 Å². The lowest BCUT2D eigenvalue weighted by Crippen LogP contribution is -2.56. The van der Waals surface area contributed by atoms with Crippen molar-refractivity contribution in [2.75, 3.05) is 32.1 Å². The fourth-order valence-corrected chi connectivity index (χ4v) is 7.07. The van der Waals surface area contributed by atoms with Crippen LogP contribution in [0.2, 0.25) is 0 Å². The molecule has 3 rings (SSSR count). The van der Waals surface area contributed by atoms with Gasteiger partial charge in [0.15, 0.2) is 5.96 Å². The number of rotatable bonds is 15. The molecule has 0 bridgehead atoms. The fourth-order valence-electron chi connectivity index (χ4n) is 5.21. The molecule has 0 spiro atoms. The molecule has 0 aliphatic carbocycles. The van der Waals surface area contributed by atoms with Gasteiger partial charge in [-0.25, -0.2) is 8.42 Å². The van der Waals surface area contributed by atoms with E-state index >= 15 is 0 Å². The molecular weight excluding hydrogens is 590 g/mol. The maximum absolute atomic E-state index is 14.0. The summed E-state index contributed by atoms with van der Waals surface area (Å²) in [5.74, 6) is -3.27. The number of fused-ring (bicyclic) bond motifs is 1. The molecule has 1 saturated heterocycles. The smallest absolute Gasteiger partial charge is 0.244 e. The molecule has 0 aromatic heterocycles. The van der Waals surface area contributed by atoms with Crippen LogP contribution in [0.1, 0.15) is 38.5 Å². The molecule has 3 atom stereocenters. The Morgan fingerprint density at radius 2 is 1.68 bits per heavy atom. The summed E-state index contributed by atoms with van der Waals surface area (Å²) < 4.78 is 29.1. The van der Waals surface area contributed by atoms with Gasteiger partial charge in [0.1, 0.15) is 18.1 Å². The Kier molecular flexibility index (Phi) is 11.5. The van der Waals surface area contributed by atoms with Gasteiger partial charge in [0.2, 0.25) is 33.7 Å². The van der Waals surface area contributed by atoms with Crippen molar-refractivity contribution in [1.82, 2.24) is 20.3 Å². The van der Waals surface area contributed by atoms with Crippen molar-refractivity contribution in [3.05, 3.63) is 36.4 Å². The molecule has 0 radical (unpaired) electrons. The van der Waals surface area contributed by atoms with Crippen LogP contribution in [0, 0.1) is 5.41 Å². The number of primary amides is 2. The SMILES string of the molecule is CN(C)c1cccc2c(S(=O)(=O)N3CCCC3C(=O)NC(CCC(N)=O)C(=O)NC(CCCNC(=N)N)C(N)=O)cccc12. The second-order valence-corrected chi connectivity index (χ2v) is 12.7. The normalized spacial score (nSPS) is 16.5. The Bertz CT molecular complexity index is 1510. The van der Waals surface area contributed by atoms with Gasteiger partial charge in [-0.3, -0.25) is 24.6 Å². The molecule has 3 unspecified atom stereocenters. The first kappa shape index (κ1) is 34.1. The van der Waals surface area contributed by atoms with Crippen LogP contribution in [0.5, 0.6) is 0 Å². The summed E-state index contributed by atoms with van der Waals surface area (Å²) in [6.45, 7) is 0.357. The lowest BCUT2D eigenvalue weighted by Gasteiger charge is -2.27. The highest BCUT2D eigenvalue weighted by atomic mass is 32.2. The second-order valence-electron chi connectivity index (χ2n) is 10.8. The predicted molar refractivity (Wildman–Crippen MR) is 166 cm³/mol. The van der Waals surface area contributed by atoms with Gasteiger partial charge in [-0.15, -0.1) is 0 Å². The minimum atomic E-state index is -4.14. The molecule has 2 aromatic carbocycles. The number of nitrogens with zero attached hydrogens (tertiary/aromatic N) is 2. The number of carbonyl (C=O) groups is 4. The minimum Gasteiger partial charge on any atom is -0.377 e. The largest absolute Gasteiger partial charge is 0.377 e. The highest BCUT2D eigenvalue weighted by molar-refractivity contribution is 7.89. The lowest BCUT2D eigenvalue weighted by molar-refractivity contribution is -0.133. The Hall–Kier alpha value is -4.44. The van der Waals surface area contributed by atoms with Crippen molar-refractivity contribution in [2.24, 2.45) is 17.2 Å². The summed E-state index contributed by atoms with van der Waals surface area (Å²) in [6, 6.07) is 6.85. The van der Waals surface area contributed by atoms with E-state index in [2.05, 4.69) is 16.0 Å². The second kappa shape index (κ2) is 14.8. The summed E-state index contributed by atoms with van der Waals surface area (Å²) in [5.41, 5.74) is 16.8. The van der Waals surface area contributed by atoms with Crippen molar-refractivity contribution < 1.29 is 27.6 Å². The number of nitrogens with one attached hydrogen (secondary N) is 4. The molecule has 4 amide bonds. The number of nitrogens with two attached hydrogens (primary N) is 3. The number of guanidine groups is 1. The molecule has 16 heteroatoms. The zero-order valence-electron chi connectivity index (χ0n) is 24.8. The van der Waals surface area contributed by atoms with E-state index in [9.17, 15) is 27.6 Å². The molecule has 1 fully saturated rings. The van der Waals surface area contributed by atoms with Gasteiger partial charge in [0, 0.05) is 50.1 Å². The highest BCUT2D eigenvalue weighted by Crippen LogP contribution is 2.34. The van der Waals surface area contributed by atoms with Crippen LogP contribution >= 0.6 is 0 Å². The summed E-state index contributed by atoms with van der Waals surface area (Å²) in [7, 11) is -0.424. The van der Waals surface area contributed by atoms with Crippen LogP contribution in [0.25, 0.3) is 10.8 Å². The van der Waals surface area contributed by atoms with E-state index in [1.165, 1.54) is 6.07 Å². The monoisotopic (exact) mass is 631 g/mol. The average molecular weight is 632 g/mol. The zero-order valence-corrected chi connectivity index (χ0v) is 25.7. The van der Waals surface area contributed by atoms with E-state index in [0.29, 0.717) is 18.2 Å². The zero-order chi connectivity index (χ0) is 32.6. The van der Waals surface area contributed by atoms with Crippen LogP contribution in [-0.2, 0) is 29.2 Å². The number of hydrogen-bond donors (Lipinski definition) is 7. The number of benzene rings is 2. The Morgan fingerprint density at radius 3 is 2.32 bits per heavy atom. The van der Waals surface area contributed by atoms with Crippen LogP contribution in [0.4, 0.5) is 5.69 Å². The quantitative estimate of drug-likeness (QED) is 0.0726. The molecule has 1 aliphatic heterocycles. The summed E-state index contributed by atoms with van der Waals surface area (Å²) >= 11 is 0. The molecule has 44 heavy (non-hydrogen) atoms. The Labute approximate surface area is 256 Å². The van der Waals surface area contributed by atoms with Crippen LogP contribution in [0.3, 0.4) is 0 Å². The fraction of sp³-hybridized carbons (Fsp3) is 0.464. The molecule has 0 saturated carbocycles. The van der Waals surface area contributed by atoms with Crippen molar-refractivity contribution in [1.29, 1.82) is 5.41 Å². The van der Waals surface area contributed by atoms with Gasteiger partial charge >= 0.3 is 0 Å². The van der Waals surface area contributed by atoms with Crippen molar-refractivity contribution in [2.45, 2.75) is 61.5 Å². The summed E-state index contributed by atoms with van der Waals surface area (Å²) in [5, 5.41) is 16.1. The van der Waals surface area contributed by atoms with E-state index < -0.39 is 51.8 Å². The van der Waals surface area contributed by atoms with Crippen molar-refractivity contribution in [3.63, 3.8) is 0 Å². The van der Waals surface area contributed by atoms with Crippen LogP contribution in [0.15, 0.2) is 41.3 Å². The Balaban J connectivity index is 1.82. The average Bonchev–Trinajstić information content (AvgIpc) is 3.47. The lowest BCUT2D eigenvalue weighted by atomic mass is 10.1. The molecule has 240 valence electrons. The molecule has 1 aliphatic rings. The van der Waals surface area contributed by atoms with E-state index in [-0.39, 0.29) is 49.6 Å². The first-order valence-corrected chi connectivity index (χ1v) is 15.6. The van der Waals surface area contributed by atoms with E-state index in [0.717, 1.165) is 15.4 Å². The third-order valence-corrected chi connectivity index (χ3v) is 9.36. The van der Waals surface area contributed by atoms with E-state index in [4.69, 9.17) is 22.6 Å². The van der Waals surface area contributed by atoms with Gasteiger partial charge < -0.3 is 38.1 Å². The van der Waals surface area contributed by atoms with Crippen molar-refractivity contribution in [3.8, 4) is 0 Å². The standard InChI is InChI=1S/C28H41N9O6S/c1-36(2)21-10-3-8-18-17(21)7-4-12-23(18)44(42,43)37-16-6-11-22(37)27(41)35-20(13-14-24(29)38)26(40)34-19(25(30)39)9-5-15-33-28(31)32/h3-4,7-8,10,12,19-20,22H,5-6,9,11,13-16H2,1-2H3,(H2,29,38)(H2,30,39)(H,34,40)(H,35,41)(H4,31,32,33). The van der Waals surface area contributed by atoms with E-state index in [1.54, 1.807) is 18.2 Å². The van der Waals surface area contributed by atoms with E-state index in [1.807, 2.05) is 31.1 Å². The molecule has 2 aromatic rings. The minimum absolute atomic E-state index is 0.0602. The Morgan fingerprint density at radius 1 is 1.00 bits per heavy atom.